The van der Waals surface area contributed by atoms with Gasteiger partial charge in [-0.2, -0.15) is 0 Å². The standard InChI is InChI=1S/C13H13ClN2OS2/c1-8(13-15-4-5-19-13)7-16-12(17)10-6-9(18)2-3-11(10)14/h2-6,8,18H,7H2,1H3,(H,16,17). The number of thiol groups is 1. The molecule has 1 aromatic heterocycles. The Morgan fingerprint density at radius 2 is 2.37 bits per heavy atom. The van der Waals surface area contributed by atoms with Gasteiger partial charge in [-0.05, 0) is 18.2 Å². The number of amides is 1. The van der Waals surface area contributed by atoms with Gasteiger partial charge >= 0.3 is 0 Å². The Labute approximate surface area is 126 Å². The second-order valence-corrected chi connectivity index (χ2v) is 6.00. The number of halogens is 1. The number of benzene rings is 1. The highest BCUT2D eigenvalue weighted by Gasteiger charge is 2.13. The van der Waals surface area contributed by atoms with Gasteiger partial charge in [-0.25, -0.2) is 4.98 Å². The molecule has 6 heteroatoms. The molecular formula is C13H13ClN2OS2. The van der Waals surface area contributed by atoms with Crippen LogP contribution in [-0.2, 0) is 0 Å². The summed E-state index contributed by atoms with van der Waals surface area (Å²) in [6.07, 6.45) is 1.76. The van der Waals surface area contributed by atoms with E-state index in [0.717, 1.165) is 5.01 Å². The third-order valence-corrected chi connectivity index (χ3v) is 4.25. The van der Waals surface area contributed by atoms with E-state index in [1.807, 2.05) is 12.3 Å². The van der Waals surface area contributed by atoms with Gasteiger partial charge in [-0.15, -0.1) is 24.0 Å². The van der Waals surface area contributed by atoms with Crippen LogP contribution in [0, 0.1) is 0 Å². The van der Waals surface area contributed by atoms with Gasteiger partial charge in [0, 0.05) is 28.9 Å². The summed E-state index contributed by atoms with van der Waals surface area (Å²) in [5.74, 6) is -0.00813. The van der Waals surface area contributed by atoms with Crippen molar-refractivity contribution in [3.8, 4) is 0 Å². The molecule has 1 N–H and O–H groups in total. The maximum absolute atomic E-state index is 12.0. The van der Waals surface area contributed by atoms with Crippen molar-refractivity contribution >= 4 is 41.5 Å². The Balaban J connectivity index is 2.00. The average Bonchev–Trinajstić information content (AvgIpc) is 2.92. The highest BCUT2D eigenvalue weighted by Crippen LogP contribution is 2.20. The molecule has 0 radical (unpaired) electrons. The lowest BCUT2D eigenvalue weighted by molar-refractivity contribution is 0.0951. The van der Waals surface area contributed by atoms with E-state index in [9.17, 15) is 4.79 Å². The molecule has 1 heterocycles. The van der Waals surface area contributed by atoms with Crippen molar-refractivity contribution in [2.24, 2.45) is 0 Å². The van der Waals surface area contributed by atoms with Crippen LogP contribution in [0.3, 0.4) is 0 Å². The highest BCUT2D eigenvalue weighted by molar-refractivity contribution is 7.80. The number of thiazole rings is 1. The minimum absolute atomic E-state index is 0.182. The molecule has 0 aliphatic heterocycles. The fourth-order valence-electron chi connectivity index (χ4n) is 1.59. The van der Waals surface area contributed by atoms with E-state index < -0.39 is 0 Å². The van der Waals surface area contributed by atoms with Crippen molar-refractivity contribution in [3.63, 3.8) is 0 Å². The highest BCUT2D eigenvalue weighted by atomic mass is 35.5. The summed E-state index contributed by atoms with van der Waals surface area (Å²) in [5, 5.41) is 6.23. The maximum atomic E-state index is 12.0. The van der Waals surface area contributed by atoms with Crippen molar-refractivity contribution in [3.05, 3.63) is 45.4 Å². The zero-order valence-corrected chi connectivity index (χ0v) is 12.7. The SMILES string of the molecule is CC(CNC(=O)c1cc(S)ccc1Cl)c1nccs1. The molecule has 0 spiro atoms. The van der Waals surface area contributed by atoms with Gasteiger partial charge in [0.2, 0.25) is 0 Å². The minimum atomic E-state index is -0.190. The summed E-state index contributed by atoms with van der Waals surface area (Å²) in [5.41, 5.74) is 0.445. The number of hydrogen-bond acceptors (Lipinski definition) is 4. The quantitative estimate of drug-likeness (QED) is 0.847. The van der Waals surface area contributed by atoms with Crippen LogP contribution in [0.15, 0.2) is 34.7 Å². The van der Waals surface area contributed by atoms with Gasteiger partial charge in [0.05, 0.1) is 15.6 Å². The van der Waals surface area contributed by atoms with Gasteiger partial charge in [-0.3, -0.25) is 4.79 Å². The zero-order valence-electron chi connectivity index (χ0n) is 10.3. The summed E-state index contributed by atoms with van der Waals surface area (Å²) in [7, 11) is 0. The normalized spacial score (nSPS) is 12.2. The van der Waals surface area contributed by atoms with E-state index in [1.54, 1.807) is 35.7 Å². The van der Waals surface area contributed by atoms with E-state index in [0.29, 0.717) is 22.0 Å². The first-order valence-electron chi connectivity index (χ1n) is 5.74. The predicted octanol–water partition coefficient (Wildman–Crippen LogP) is 3.62. The van der Waals surface area contributed by atoms with E-state index in [2.05, 4.69) is 22.9 Å². The van der Waals surface area contributed by atoms with Crippen molar-refractivity contribution in [1.82, 2.24) is 10.3 Å². The van der Waals surface area contributed by atoms with Crippen LogP contribution < -0.4 is 5.32 Å². The first-order valence-corrected chi connectivity index (χ1v) is 7.44. The van der Waals surface area contributed by atoms with Crippen LogP contribution in [0.1, 0.15) is 28.2 Å². The zero-order chi connectivity index (χ0) is 13.8. The number of nitrogens with zero attached hydrogens (tertiary/aromatic N) is 1. The van der Waals surface area contributed by atoms with Crippen molar-refractivity contribution in [2.45, 2.75) is 17.7 Å². The van der Waals surface area contributed by atoms with E-state index in [-0.39, 0.29) is 11.8 Å². The van der Waals surface area contributed by atoms with Crippen molar-refractivity contribution < 1.29 is 4.79 Å². The largest absolute Gasteiger partial charge is 0.351 e. The molecule has 3 nitrogen and oxygen atoms in total. The molecule has 0 fully saturated rings. The molecule has 2 rings (SSSR count). The molecule has 1 amide bonds. The molecule has 2 aromatic rings. The Hall–Kier alpha value is -1.04. The maximum Gasteiger partial charge on any atom is 0.252 e. The number of rotatable bonds is 4. The van der Waals surface area contributed by atoms with Crippen LogP contribution in [0.4, 0.5) is 0 Å². The number of carbonyl (C=O) groups is 1. The lowest BCUT2D eigenvalue weighted by Crippen LogP contribution is -2.27. The molecule has 0 aliphatic rings. The van der Waals surface area contributed by atoms with E-state index in [1.165, 1.54) is 0 Å². The molecule has 1 unspecified atom stereocenters. The van der Waals surface area contributed by atoms with Crippen LogP contribution in [-0.4, -0.2) is 17.4 Å². The molecule has 0 saturated carbocycles. The molecule has 100 valence electrons. The Morgan fingerprint density at radius 1 is 1.58 bits per heavy atom. The summed E-state index contributed by atoms with van der Waals surface area (Å²) in [6.45, 7) is 2.55. The fraction of sp³-hybridized carbons (Fsp3) is 0.231. The van der Waals surface area contributed by atoms with Crippen LogP contribution in [0.25, 0.3) is 0 Å². The number of nitrogens with one attached hydrogen (secondary N) is 1. The smallest absolute Gasteiger partial charge is 0.252 e. The lowest BCUT2D eigenvalue weighted by Gasteiger charge is -2.11. The van der Waals surface area contributed by atoms with Gasteiger partial charge in [0.15, 0.2) is 0 Å². The fourth-order valence-corrected chi connectivity index (χ4v) is 2.70. The first kappa shape index (κ1) is 14.4. The Morgan fingerprint density at radius 3 is 3.05 bits per heavy atom. The Bertz CT molecular complexity index is 572. The van der Waals surface area contributed by atoms with E-state index >= 15 is 0 Å². The third-order valence-electron chi connectivity index (χ3n) is 2.64. The summed E-state index contributed by atoms with van der Waals surface area (Å²) in [6, 6.07) is 5.08. The third kappa shape index (κ3) is 3.72. The molecule has 0 saturated heterocycles. The number of hydrogen-bond donors (Lipinski definition) is 2. The van der Waals surface area contributed by atoms with Crippen LogP contribution in [0.5, 0.6) is 0 Å². The number of aromatic nitrogens is 1. The molecule has 19 heavy (non-hydrogen) atoms. The second kappa shape index (κ2) is 6.41. The van der Waals surface area contributed by atoms with Gasteiger partial charge in [0.25, 0.3) is 5.91 Å². The predicted molar refractivity (Wildman–Crippen MR) is 81.6 cm³/mol. The monoisotopic (exact) mass is 312 g/mol. The first-order chi connectivity index (χ1) is 9.08. The minimum Gasteiger partial charge on any atom is -0.351 e. The molecule has 1 aromatic carbocycles. The van der Waals surface area contributed by atoms with Gasteiger partial charge in [0.1, 0.15) is 0 Å². The van der Waals surface area contributed by atoms with Crippen LogP contribution in [0.2, 0.25) is 5.02 Å². The van der Waals surface area contributed by atoms with Crippen LogP contribution >= 0.6 is 35.6 Å². The summed E-state index contributed by atoms with van der Waals surface area (Å²) < 4.78 is 0. The molecular weight excluding hydrogens is 300 g/mol. The lowest BCUT2D eigenvalue weighted by atomic mass is 10.1. The molecule has 1 atom stereocenters. The molecule has 0 aliphatic carbocycles. The number of carbonyl (C=O) groups excluding carboxylic acids is 1. The summed E-state index contributed by atoms with van der Waals surface area (Å²) >= 11 is 11.8. The summed E-state index contributed by atoms with van der Waals surface area (Å²) in [4.78, 5) is 17.0. The average molecular weight is 313 g/mol. The second-order valence-electron chi connectivity index (χ2n) is 4.15. The van der Waals surface area contributed by atoms with E-state index in [4.69, 9.17) is 11.6 Å². The van der Waals surface area contributed by atoms with Gasteiger partial charge < -0.3 is 5.32 Å². The topological polar surface area (TPSA) is 42.0 Å². The van der Waals surface area contributed by atoms with Crippen molar-refractivity contribution in [2.75, 3.05) is 6.54 Å². The Kier molecular flexibility index (Phi) is 4.85. The van der Waals surface area contributed by atoms with Gasteiger partial charge in [-0.1, -0.05) is 18.5 Å². The molecule has 0 bridgehead atoms. The van der Waals surface area contributed by atoms with Crippen molar-refractivity contribution in [1.29, 1.82) is 0 Å².